The summed E-state index contributed by atoms with van der Waals surface area (Å²) in [5.74, 6) is -1.98. The summed E-state index contributed by atoms with van der Waals surface area (Å²) in [6.45, 7) is 6.12. The van der Waals surface area contributed by atoms with Crippen LogP contribution < -0.4 is 0 Å². The van der Waals surface area contributed by atoms with Crippen LogP contribution in [0.25, 0.3) is 11.0 Å². The van der Waals surface area contributed by atoms with Crippen molar-refractivity contribution in [2.45, 2.75) is 45.3 Å². The van der Waals surface area contributed by atoms with E-state index in [0.717, 1.165) is 0 Å². The Morgan fingerprint density at radius 2 is 2.00 bits per heavy atom. The van der Waals surface area contributed by atoms with Gasteiger partial charge in [0, 0.05) is 13.1 Å². The Labute approximate surface area is 154 Å². The van der Waals surface area contributed by atoms with E-state index in [9.17, 15) is 14.7 Å². The van der Waals surface area contributed by atoms with Gasteiger partial charge in [-0.05, 0) is 50.8 Å². The summed E-state index contributed by atoms with van der Waals surface area (Å²) in [6, 6.07) is 1.54. The van der Waals surface area contributed by atoms with Crippen LogP contribution >= 0.6 is 0 Å². The van der Waals surface area contributed by atoms with Gasteiger partial charge in [-0.15, -0.1) is 5.10 Å². The number of amides is 1. The lowest BCUT2D eigenvalue weighted by Crippen LogP contribution is -2.52. The van der Waals surface area contributed by atoms with Crippen molar-refractivity contribution >= 4 is 23.1 Å². The molecule has 1 unspecified atom stereocenters. The molecule has 144 valence electrons. The standard InChI is InChI=1S/C18H21FN4O4/c1-18(2,3)27-17(26)22-7-11(8-22)23-15-13(20-21-23)6-9-4-10(16(24)25)5-12(9)14(15)19/h6,10-11H,4-5,7-8H2,1-3H3,(H,24,25). The summed E-state index contributed by atoms with van der Waals surface area (Å²) in [5, 5.41) is 17.3. The lowest BCUT2D eigenvalue weighted by molar-refractivity contribution is -0.141. The lowest BCUT2D eigenvalue weighted by Gasteiger charge is -2.39. The van der Waals surface area contributed by atoms with Crippen LogP contribution in [-0.2, 0) is 22.4 Å². The number of rotatable bonds is 2. The Balaban J connectivity index is 1.56. The fourth-order valence-corrected chi connectivity index (χ4v) is 3.65. The van der Waals surface area contributed by atoms with E-state index in [-0.39, 0.29) is 18.0 Å². The largest absolute Gasteiger partial charge is 0.481 e. The van der Waals surface area contributed by atoms with Crippen molar-refractivity contribution < 1.29 is 23.8 Å². The molecular formula is C18H21FN4O4. The molecule has 2 aromatic rings. The SMILES string of the molecule is CC(C)(C)OC(=O)N1CC(n2nnc3cc4c(c(F)c32)CC(C(=O)O)C4)C1. The van der Waals surface area contributed by atoms with Gasteiger partial charge in [0.05, 0.1) is 12.0 Å². The maximum absolute atomic E-state index is 15.1. The van der Waals surface area contributed by atoms with Crippen LogP contribution in [-0.4, -0.2) is 55.8 Å². The molecule has 4 rings (SSSR count). The Morgan fingerprint density at radius 1 is 1.30 bits per heavy atom. The molecule has 1 aromatic heterocycles. The Kier molecular flexibility index (Phi) is 3.87. The number of hydrogen-bond donors (Lipinski definition) is 1. The third kappa shape index (κ3) is 3.00. The zero-order valence-corrected chi connectivity index (χ0v) is 15.4. The van der Waals surface area contributed by atoms with Gasteiger partial charge >= 0.3 is 12.1 Å². The van der Waals surface area contributed by atoms with Crippen LogP contribution in [0.15, 0.2) is 6.07 Å². The number of likely N-dealkylation sites (tertiary alicyclic amines) is 1. The molecule has 1 aliphatic heterocycles. The average Bonchev–Trinajstić information content (AvgIpc) is 3.09. The number of nitrogens with zero attached hydrogens (tertiary/aromatic N) is 4. The van der Waals surface area contributed by atoms with E-state index < -0.39 is 29.4 Å². The van der Waals surface area contributed by atoms with E-state index in [2.05, 4.69) is 10.3 Å². The zero-order valence-electron chi connectivity index (χ0n) is 15.4. The number of ether oxygens (including phenoxy) is 1. The summed E-state index contributed by atoms with van der Waals surface area (Å²) < 4.78 is 21.9. The lowest BCUT2D eigenvalue weighted by atomic mass is 10.1. The van der Waals surface area contributed by atoms with Gasteiger partial charge in [-0.3, -0.25) is 4.79 Å². The number of benzene rings is 1. The topological polar surface area (TPSA) is 97.5 Å². The van der Waals surface area contributed by atoms with E-state index in [0.29, 0.717) is 36.2 Å². The van der Waals surface area contributed by atoms with E-state index in [4.69, 9.17) is 4.74 Å². The quantitative estimate of drug-likeness (QED) is 0.863. The van der Waals surface area contributed by atoms with Gasteiger partial charge in [-0.2, -0.15) is 0 Å². The molecule has 0 saturated carbocycles. The van der Waals surface area contributed by atoms with E-state index in [1.807, 2.05) is 0 Å². The minimum absolute atomic E-state index is 0.173. The number of carbonyl (C=O) groups excluding carboxylic acids is 1. The molecule has 0 spiro atoms. The van der Waals surface area contributed by atoms with Crippen molar-refractivity contribution in [3.63, 3.8) is 0 Å². The highest BCUT2D eigenvalue weighted by Crippen LogP contribution is 2.35. The minimum atomic E-state index is -0.920. The fourth-order valence-electron chi connectivity index (χ4n) is 3.65. The Morgan fingerprint density at radius 3 is 2.63 bits per heavy atom. The summed E-state index contributed by atoms with van der Waals surface area (Å²) in [7, 11) is 0. The van der Waals surface area contributed by atoms with Gasteiger partial charge in [0.2, 0.25) is 0 Å². The molecule has 1 fully saturated rings. The van der Waals surface area contributed by atoms with Crippen molar-refractivity contribution in [3.05, 3.63) is 23.0 Å². The number of aromatic nitrogens is 3. The van der Waals surface area contributed by atoms with E-state index in [1.165, 1.54) is 9.58 Å². The first-order chi connectivity index (χ1) is 12.6. The highest BCUT2D eigenvalue weighted by atomic mass is 19.1. The molecular weight excluding hydrogens is 355 g/mol. The first-order valence-corrected chi connectivity index (χ1v) is 8.90. The molecule has 1 saturated heterocycles. The maximum Gasteiger partial charge on any atom is 0.410 e. The number of hydrogen-bond acceptors (Lipinski definition) is 5. The van der Waals surface area contributed by atoms with Gasteiger partial charge in [0.1, 0.15) is 16.6 Å². The van der Waals surface area contributed by atoms with Gasteiger partial charge in [0.25, 0.3) is 0 Å². The summed E-state index contributed by atoms with van der Waals surface area (Å²) in [5.41, 5.74) is 1.22. The minimum Gasteiger partial charge on any atom is -0.481 e. The monoisotopic (exact) mass is 376 g/mol. The zero-order chi connectivity index (χ0) is 19.5. The number of halogens is 1. The number of carboxylic acids is 1. The Bertz CT molecular complexity index is 943. The molecule has 27 heavy (non-hydrogen) atoms. The predicted octanol–water partition coefficient (Wildman–Crippen LogP) is 2.16. The average molecular weight is 376 g/mol. The third-order valence-corrected chi connectivity index (χ3v) is 5.02. The molecule has 1 atom stereocenters. The van der Waals surface area contributed by atoms with Crippen LogP contribution in [0.1, 0.15) is 37.9 Å². The highest BCUT2D eigenvalue weighted by molar-refractivity contribution is 5.80. The second-order valence-corrected chi connectivity index (χ2v) is 8.21. The molecule has 0 bridgehead atoms. The molecule has 2 aliphatic rings. The van der Waals surface area contributed by atoms with Crippen LogP contribution in [0.2, 0.25) is 0 Å². The predicted molar refractivity (Wildman–Crippen MR) is 92.9 cm³/mol. The third-order valence-electron chi connectivity index (χ3n) is 5.02. The molecule has 1 aromatic carbocycles. The number of aliphatic carboxylic acids is 1. The fraction of sp³-hybridized carbons (Fsp3) is 0.556. The smallest absolute Gasteiger partial charge is 0.410 e. The highest BCUT2D eigenvalue weighted by Gasteiger charge is 2.38. The van der Waals surface area contributed by atoms with Gasteiger partial charge in [-0.1, -0.05) is 5.21 Å². The van der Waals surface area contributed by atoms with Crippen molar-refractivity contribution in [1.82, 2.24) is 19.9 Å². The second kappa shape index (κ2) is 5.90. The Hall–Kier alpha value is -2.71. The van der Waals surface area contributed by atoms with E-state index in [1.54, 1.807) is 26.8 Å². The molecule has 0 radical (unpaired) electrons. The molecule has 1 amide bonds. The van der Waals surface area contributed by atoms with Gasteiger partial charge < -0.3 is 14.7 Å². The van der Waals surface area contributed by atoms with Crippen molar-refractivity contribution in [1.29, 1.82) is 0 Å². The van der Waals surface area contributed by atoms with Crippen LogP contribution in [0.5, 0.6) is 0 Å². The molecule has 9 heteroatoms. The molecule has 2 heterocycles. The normalized spacial score (nSPS) is 19.9. The number of carboxylic acid groups (broad SMARTS) is 1. The number of carbonyl (C=O) groups is 2. The first kappa shape index (κ1) is 17.7. The van der Waals surface area contributed by atoms with Crippen LogP contribution in [0, 0.1) is 11.7 Å². The van der Waals surface area contributed by atoms with Gasteiger partial charge in [0.15, 0.2) is 5.82 Å². The number of fused-ring (bicyclic) bond motifs is 2. The molecule has 1 aliphatic carbocycles. The van der Waals surface area contributed by atoms with Crippen molar-refractivity contribution in [2.24, 2.45) is 5.92 Å². The van der Waals surface area contributed by atoms with Gasteiger partial charge in [-0.25, -0.2) is 13.9 Å². The van der Waals surface area contributed by atoms with Crippen molar-refractivity contribution in [2.75, 3.05) is 13.1 Å². The first-order valence-electron chi connectivity index (χ1n) is 8.90. The van der Waals surface area contributed by atoms with Crippen LogP contribution in [0.3, 0.4) is 0 Å². The molecule has 1 N–H and O–H groups in total. The van der Waals surface area contributed by atoms with Crippen molar-refractivity contribution in [3.8, 4) is 0 Å². The summed E-state index contributed by atoms with van der Waals surface area (Å²) >= 11 is 0. The second-order valence-electron chi connectivity index (χ2n) is 8.21. The molecule has 8 nitrogen and oxygen atoms in total. The summed E-state index contributed by atoms with van der Waals surface area (Å²) in [4.78, 5) is 24.8. The van der Waals surface area contributed by atoms with E-state index >= 15 is 4.39 Å². The maximum atomic E-state index is 15.1. The summed E-state index contributed by atoms with van der Waals surface area (Å²) in [6.07, 6.45) is 0.0702. The van der Waals surface area contributed by atoms with Crippen LogP contribution in [0.4, 0.5) is 9.18 Å².